The Labute approximate surface area is 365 Å². The van der Waals surface area contributed by atoms with E-state index in [9.17, 15) is 5.11 Å². The van der Waals surface area contributed by atoms with Crippen molar-refractivity contribution >= 4 is 0 Å². The summed E-state index contributed by atoms with van der Waals surface area (Å²) < 4.78 is 1.17. The van der Waals surface area contributed by atoms with Crippen LogP contribution < -0.4 is 0 Å². The van der Waals surface area contributed by atoms with Gasteiger partial charge in [-0.1, -0.05) is 190 Å². The minimum absolute atomic E-state index is 0.340. The second-order valence-corrected chi connectivity index (χ2v) is 17.7. The molecule has 1 N–H and O–H groups in total. The highest BCUT2D eigenvalue weighted by Crippen LogP contribution is 2.19. The van der Waals surface area contributed by atoms with Crippen LogP contribution in [0.4, 0.5) is 0 Å². The van der Waals surface area contributed by atoms with Gasteiger partial charge in [-0.05, 0) is 135 Å². The van der Waals surface area contributed by atoms with Gasteiger partial charge in [0.05, 0.1) is 26.2 Å². The quantitative estimate of drug-likeness (QED) is 0.0369. The molecular weight excluding hydrogens is 703 g/mol. The number of hydrogen-bond acceptors (Lipinski definition) is 1. The van der Waals surface area contributed by atoms with Gasteiger partial charge >= 0.3 is 0 Å². The van der Waals surface area contributed by atoms with E-state index < -0.39 is 0 Å². The lowest BCUT2D eigenvalue weighted by Gasteiger charge is -2.39. The molecule has 0 spiro atoms. The maximum absolute atomic E-state index is 10.3. The minimum atomic E-state index is 0.340. The summed E-state index contributed by atoms with van der Waals surface area (Å²) in [6.07, 6.45) is 75.6. The smallest absolute Gasteiger partial charge is 0.102 e. The van der Waals surface area contributed by atoms with Crippen LogP contribution >= 0.6 is 0 Å². The van der Waals surface area contributed by atoms with Gasteiger partial charge in [-0.15, -0.1) is 0 Å². The van der Waals surface area contributed by atoms with Crippen molar-refractivity contribution in [1.29, 1.82) is 0 Å². The van der Waals surface area contributed by atoms with E-state index >= 15 is 0 Å². The fourth-order valence-corrected chi connectivity index (χ4v) is 8.19. The third-order valence-electron chi connectivity index (χ3n) is 12.1. The normalized spacial score (nSPS) is 12.8. The molecule has 0 atom stereocenters. The molecule has 58 heavy (non-hydrogen) atoms. The molecule has 338 valence electrons. The number of quaternary nitrogens is 1. The van der Waals surface area contributed by atoms with Gasteiger partial charge in [-0.3, -0.25) is 0 Å². The molecule has 0 radical (unpaired) electrons. The van der Waals surface area contributed by atoms with Crippen LogP contribution in [0.2, 0.25) is 0 Å². The van der Waals surface area contributed by atoms with E-state index in [1.807, 2.05) is 0 Å². The van der Waals surface area contributed by atoms with E-state index in [1.165, 1.54) is 236 Å². The lowest BCUT2D eigenvalue weighted by Crippen LogP contribution is -2.51. The van der Waals surface area contributed by atoms with Crippen molar-refractivity contribution in [2.24, 2.45) is 0 Å². The Balaban J connectivity index is 4.50. The first-order valence-corrected chi connectivity index (χ1v) is 26.1. The van der Waals surface area contributed by atoms with Crippen LogP contribution in [0.3, 0.4) is 0 Å². The first-order chi connectivity index (χ1) is 28.7. The second-order valence-electron chi connectivity index (χ2n) is 17.7. The predicted molar refractivity (Wildman–Crippen MR) is 265 cm³/mol. The summed E-state index contributed by atoms with van der Waals surface area (Å²) in [7, 11) is 0. The summed E-state index contributed by atoms with van der Waals surface area (Å²) in [4.78, 5) is 0. The molecule has 0 aliphatic heterocycles. The zero-order chi connectivity index (χ0) is 42.0. The van der Waals surface area contributed by atoms with E-state index in [0.717, 1.165) is 25.8 Å². The van der Waals surface area contributed by atoms with Gasteiger partial charge in [0.1, 0.15) is 6.54 Å². The van der Waals surface area contributed by atoms with Crippen molar-refractivity contribution in [2.45, 2.75) is 252 Å². The third kappa shape index (κ3) is 43.9. The number of allylic oxidation sites excluding steroid dienone is 12. The van der Waals surface area contributed by atoms with Crippen molar-refractivity contribution in [1.82, 2.24) is 0 Å². The molecule has 0 amide bonds. The van der Waals surface area contributed by atoms with Crippen LogP contribution in [0.1, 0.15) is 252 Å². The van der Waals surface area contributed by atoms with Gasteiger partial charge in [-0.25, -0.2) is 0 Å². The van der Waals surface area contributed by atoms with Gasteiger partial charge in [0.25, 0.3) is 0 Å². The molecule has 0 rings (SSSR count). The van der Waals surface area contributed by atoms with Crippen LogP contribution in [0.15, 0.2) is 72.9 Å². The molecule has 0 heterocycles. The predicted octanol–water partition coefficient (Wildman–Crippen LogP) is 18.2. The molecule has 0 fully saturated rings. The summed E-state index contributed by atoms with van der Waals surface area (Å²) in [5, 5.41) is 10.3. The Bertz CT molecular complexity index is 837. The van der Waals surface area contributed by atoms with Gasteiger partial charge in [0, 0.05) is 0 Å². The fourth-order valence-electron chi connectivity index (χ4n) is 8.19. The summed E-state index contributed by atoms with van der Waals surface area (Å²) in [6, 6.07) is 0. The molecule has 0 aliphatic rings. The Morgan fingerprint density at radius 2 is 0.483 bits per heavy atom. The summed E-state index contributed by atoms with van der Waals surface area (Å²) in [5.41, 5.74) is 0. The number of nitrogens with zero attached hydrogens (tertiary/aromatic N) is 1. The van der Waals surface area contributed by atoms with Gasteiger partial charge < -0.3 is 9.59 Å². The van der Waals surface area contributed by atoms with Crippen LogP contribution in [-0.2, 0) is 0 Å². The first kappa shape index (κ1) is 56.4. The fraction of sp³-hybridized carbons (Fsp3) is 0.786. The lowest BCUT2D eigenvalue weighted by atomic mass is 10.0. The molecular formula is C56H104NO+. The van der Waals surface area contributed by atoms with Crippen molar-refractivity contribution in [2.75, 3.05) is 32.8 Å². The Kier molecular flexibility index (Phi) is 48.3. The summed E-state index contributed by atoms with van der Waals surface area (Å²) in [5.74, 6) is 0. The van der Waals surface area contributed by atoms with E-state index in [-0.39, 0.29) is 0 Å². The molecule has 0 aromatic heterocycles. The molecule has 2 heteroatoms. The molecule has 0 aliphatic carbocycles. The van der Waals surface area contributed by atoms with E-state index in [2.05, 4.69) is 93.7 Å². The maximum atomic E-state index is 10.3. The third-order valence-corrected chi connectivity index (χ3v) is 12.1. The van der Waals surface area contributed by atoms with Gasteiger partial charge in [0.2, 0.25) is 0 Å². The Morgan fingerprint density at radius 3 is 0.724 bits per heavy atom. The SMILES string of the molecule is CCCCC/C=C\C/C=C\CCCCCCCC[N+](CCO)(CCCCCCCC/C=C\C/C=C\CCCCC)CCCCCCCC/C=C\C/C=C\CCCCC. The first-order valence-electron chi connectivity index (χ1n) is 26.1. The molecule has 0 aromatic carbocycles. The molecule has 0 unspecified atom stereocenters. The molecule has 0 aromatic rings. The number of aliphatic hydroxyl groups is 1. The lowest BCUT2D eigenvalue weighted by molar-refractivity contribution is -0.929. The topological polar surface area (TPSA) is 20.2 Å². The van der Waals surface area contributed by atoms with E-state index in [1.54, 1.807) is 0 Å². The average molecular weight is 807 g/mol. The molecule has 2 nitrogen and oxygen atoms in total. The maximum Gasteiger partial charge on any atom is 0.102 e. The Hall–Kier alpha value is -1.64. The largest absolute Gasteiger partial charge is 0.391 e. The second kappa shape index (κ2) is 49.7. The Morgan fingerprint density at radius 1 is 0.259 bits per heavy atom. The zero-order valence-corrected chi connectivity index (χ0v) is 39.8. The van der Waals surface area contributed by atoms with Gasteiger partial charge in [0.15, 0.2) is 0 Å². The zero-order valence-electron chi connectivity index (χ0n) is 39.8. The highest BCUT2D eigenvalue weighted by Gasteiger charge is 2.25. The summed E-state index contributed by atoms with van der Waals surface area (Å²) in [6.45, 7) is 11.9. The van der Waals surface area contributed by atoms with E-state index in [0.29, 0.717) is 6.61 Å². The van der Waals surface area contributed by atoms with Crippen molar-refractivity contribution in [3.8, 4) is 0 Å². The monoisotopic (exact) mass is 807 g/mol. The van der Waals surface area contributed by atoms with Crippen molar-refractivity contribution in [3.05, 3.63) is 72.9 Å². The van der Waals surface area contributed by atoms with Crippen molar-refractivity contribution < 1.29 is 9.59 Å². The highest BCUT2D eigenvalue weighted by molar-refractivity contribution is 4.94. The summed E-state index contributed by atoms with van der Waals surface area (Å²) >= 11 is 0. The van der Waals surface area contributed by atoms with Crippen LogP contribution in [0.25, 0.3) is 0 Å². The van der Waals surface area contributed by atoms with E-state index in [4.69, 9.17) is 0 Å². The average Bonchev–Trinajstić information content (AvgIpc) is 3.23. The number of unbranched alkanes of at least 4 members (excludes halogenated alkanes) is 27. The number of rotatable bonds is 47. The van der Waals surface area contributed by atoms with Gasteiger partial charge in [-0.2, -0.15) is 0 Å². The number of hydrogen-bond donors (Lipinski definition) is 1. The molecule has 0 saturated carbocycles. The van der Waals surface area contributed by atoms with Crippen molar-refractivity contribution in [3.63, 3.8) is 0 Å². The van der Waals surface area contributed by atoms with Crippen LogP contribution in [-0.4, -0.2) is 42.4 Å². The minimum Gasteiger partial charge on any atom is -0.391 e. The van der Waals surface area contributed by atoms with Crippen LogP contribution in [0, 0.1) is 0 Å². The highest BCUT2D eigenvalue weighted by atomic mass is 16.3. The molecule has 0 bridgehead atoms. The number of aliphatic hydroxyl groups excluding tert-OH is 1. The standard InChI is InChI=1S/C56H104NO/c1-4-7-10-13-16-19-22-25-28-31-34-37-40-43-46-49-52-57(55-56-58,53-50-47-44-41-38-35-32-29-26-23-20-17-14-11-8-5-2)54-51-48-45-42-39-36-33-30-27-24-21-18-15-12-9-6-3/h16-21,25-30,58H,4-15,22-24,31-56H2,1-3H3/q+1/b19-16-,20-17-,21-18-,28-25-,29-26-,30-27-. The van der Waals surface area contributed by atoms with Crippen LogP contribution in [0.5, 0.6) is 0 Å². The molecule has 0 saturated heterocycles.